The fourth-order valence-electron chi connectivity index (χ4n) is 4.62. The molecular formula is C26H33N3O6S. The predicted molar refractivity (Wildman–Crippen MR) is 136 cm³/mol. The van der Waals surface area contributed by atoms with Crippen LogP contribution in [0.25, 0.3) is 0 Å². The Morgan fingerprint density at radius 1 is 1.06 bits per heavy atom. The van der Waals surface area contributed by atoms with E-state index in [1.807, 2.05) is 30.3 Å². The van der Waals surface area contributed by atoms with E-state index >= 15 is 0 Å². The van der Waals surface area contributed by atoms with Crippen molar-refractivity contribution in [1.82, 2.24) is 10.2 Å². The van der Waals surface area contributed by atoms with Crippen molar-refractivity contribution in [2.45, 2.75) is 51.1 Å². The number of benzene rings is 2. The van der Waals surface area contributed by atoms with Crippen molar-refractivity contribution in [3.05, 3.63) is 54.1 Å². The van der Waals surface area contributed by atoms with Crippen LogP contribution in [0.5, 0.6) is 11.5 Å². The van der Waals surface area contributed by atoms with E-state index in [1.165, 1.54) is 4.90 Å². The summed E-state index contributed by atoms with van der Waals surface area (Å²) in [5.74, 6) is 0.249. The molecule has 1 N–H and O–H groups in total. The minimum Gasteiger partial charge on any atom is -0.454 e. The standard InChI is InChI=1S/C26H33N3O6S/c1-19(26(31)27-21-10-6-7-11-21)28(15-14-20-8-4-3-5-9-20)25(30)17-29(36(2,32)33)22-12-13-23-24(16-22)35-18-34-23/h3-5,8-9,12-13,16,19,21H,6-7,10-11,14-15,17-18H2,1-2H3,(H,27,31). The van der Waals surface area contributed by atoms with Crippen LogP contribution in [-0.2, 0) is 26.0 Å². The largest absolute Gasteiger partial charge is 0.454 e. The maximum atomic E-state index is 13.6. The highest BCUT2D eigenvalue weighted by Crippen LogP contribution is 2.36. The van der Waals surface area contributed by atoms with Gasteiger partial charge in [-0.2, -0.15) is 0 Å². The van der Waals surface area contributed by atoms with E-state index in [1.54, 1.807) is 25.1 Å². The van der Waals surface area contributed by atoms with Gasteiger partial charge in [0.1, 0.15) is 12.6 Å². The summed E-state index contributed by atoms with van der Waals surface area (Å²) in [6.45, 7) is 1.59. The van der Waals surface area contributed by atoms with E-state index in [9.17, 15) is 18.0 Å². The summed E-state index contributed by atoms with van der Waals surface area (Å²) in [4.78, 5) is 28.1. The molecule has 1 aliphatic heterocycles. The molecule has 1 saturated carbocycles. The van der Waals surface area contributed by atoms with Crippen LogP contribution in [0.3, 0.4) is 0 Å². The Kier molecular flexibility index (Phi) is 8.03. The zero-order valence-corrected chi connectivity index (χ0v) is 21.5. The Balaban J connectivity index is 1.55. The third-order valence-corrected chi connectivity index (χ3v) is 7.82. The van der Waals surface area contributed by atoms with Crippen molar-refractivity contribution in [3.63, 3.8) is 0 Å². The van der Waals surface area contributed by atoms with Gasteiger partial charge < -0.3 is 19.7 Å². The van der Waals surface area contributed by atoms with Crippen LogP contribution in [0.4, 0.5) is 5.69 Å². The number of ether oxygens (including phenoxy) is 2. The molecule has 1 aliphatic carbocycles. The summed E-state index contributed by atoms with van der Waals surface area (Å²) in [6.07, 6.45) is 5.61. The highest BCUT2D eigenvalue weighted by Gasteiger charge is 2.31. The summed E-state index contributed by atoms with van der Waals surface area (Å²) < 4.78 is 37.1. The summed E-state index contributed by atoms with van der Waals surface area (Å²) >= 11 is 0. The number of hydrogen-bond donors (Lipinski definition) is 1. The molecule has 194 valence electrons. The zero-order chi connectivity index (χ0) is 25.7. The first kappa shape index (κ1) is 25.8. The number of sulfonamides is 1. The molecule has 10 heteroatoms. The van der Waals surface area contributed by atoms with Crippen molar-refractivity contribution >= 4 is 27.5 Å². The third-order valence-electron chi connectivity index (χ3n) is 6.68. The van der Waals surface area contributed by atoms with Crippen LogP contribution in [0.2, 0.25) is 0 Å². The summed E-state index contributed by atoms with van der Waals surface area (Å²) in [6, 6.07) is 13.8. The van der Waals surface area contributed by atoms with Gasteiger partial charge in [0, 0.05) is 18.7 Å². The highest BCUT2D eigenvalue weighted by atomic mass is 32.2. The molecule has 2 amide bonds. The second-order valence-electron chi connectivity index (χ2n) is 9.30. The lowest BCUT2D eigenvalue weighted by Crippen LogP contribution is -2.53. The molecule has 0 radical (unpaired) electrons. The van der Waals surface area contributed by atoms with Crippen LogP contribution in [0, 0.1) is 0 Å². The number of nitrogens with zero attached hydrogens (tertiary/aromatic N) is 2. The number of anilines is 1. The molecule has 0 saturated heterocycles. The van der Waals surface area contributed by atoms with Gasteiger partial charge >= 0.3 is 0 Å². The van der Waals surface area contributed by atoms with Crippen LogP contribution in [-0.4, -0.2) is 63.4 Å². The van der Waals surface area contributed by atoms with Crippen LogP contribution in [0.15, 0.2) is 48.5 Å². The molecule has 9 nitrogen and oxygen atoms in total. The van der Waals surface area contributed by atoms with E-state index in [0.717, 1.165) is 41.8 Å². The molecular weight excluding hydrogens is 482 g/mol. The van der Waals surface area contributed by atoms with E-state index in [4.69, 9.17) is 9.47 Å². The van der Waals surface area contributed by atoms with Gasteiger partial charge in [-0.05, 0) is 43.9 Å². The van der Waals surface area contributed by atoms with E-state index in [-0.39, 0.29) is 25.3 Å². The van der Waals surface area contributed by atoms with Gasteiger partial charge in [-0.1, -0.05) is 43.2 Å². The SMILES string of the molecule is CC(C(=O)NC1CCCC1)N(CCc1ccccc1)C(=O)CN(c1ccc2c(c1)OCO2)S(C)(=O)=O. The number of carbonyl (C=O) groups is 2. The molecule has 36 heavy (non-hydrogen) atoms. The fourth-order valence-corrected chi connectivity index (χ4v) is 5.46. The fraction of sp³-hybridized carbons (Fsp3) is 0.462. The molecule has 4 rings (SSSR count). The maximum Gasteiger partial charge on any atom is 0.244 e. The van der Waals surface area contributed by atoms with Gasteiger partial charge in [-0.25, -0.2) is 8.42 Å². The van der Waals surface area contributed by atoms with Crippen molar-refractivity contribution in [3.8, 4) is 11.5 Å². The van der Waals surface area contributed by atoms with Crippen molar-refractivity contribution in [2.75, 3.05) is 30.4 Å². The Morgan fingerprint density at radius 3 is 2.44 bits per heavy atom. The summed E-state index contributed by atoms with van der Waals surface area (Å²) in [5.41, 5.74) is 1.32. The van der Waals surface area contributed by atoms with Gasteiger partial charge in [-0.3, -0.25) is 13.9 Å². The average molecular weight is 516 g/mol. The van der Waals surface area contributed by atoms with Gasteiger partial charge in [0.2, 0.25) is 28.6 Å². The van der Waals surface area contributed by atoms with Gasteiger partial charge in [0.05, 0.1) is 11.9 Å². The molecule has 0 aromatic heterocycles. The number of nitrogens with one attached hydrogen (secondary N) is 1. The molecule has 1 fully saturated rings. The highest BCUT2D eigenvalue weighted by molar-refractivity contribution is 7.92. The average Bonchev–Trinajstić information content (AvgIpc) is 3.54. The minimum absolute atomic E-state index is 0.0531. The van der Waals surface area contributed by atoms with E-state index < -0.39 is 28.5 Å². The smallest absolute Gasteiger partial charge is 0.244 e. The molecule has 1 unspecified atom stereocenters. The first-order valence-electron chi connectivity index (χ1n) is 12.2. The Morgan fingerprint density at radius 2 is 1.75 bits per heavy atom. The number of hydrogen-bond acceptors (Lipinski definition) is 6. The number of rotatable bonds is 10. The van der Waals surface area contributed by atoms with E-state index in [2.05, 4.69) is 5.32 Å². The lowest BCUT2D eigenvalue weighted by molar-refractivity contribution is -0.139. The van der Waals surface area contributed by atoms with Gasteiger partial charge in [0.15, 0.2) is 11.5 Å². The van der Waals surface area contributed by atoms with Crippen LogP contribution >= 0.6 is 0 Å². The van der Waals surface area contributed by atoms with Crippen molar-refractivity contribution in [2.24, 2.45) is 0 Å². The molecule has 1 heterocycles. The molecule has 0 spiro atoms. The predicted octanol–water partition coefficient (Wildman–Crippen LogP) is 2.70. The molecule has 2 aliphatic rings. The molecule has 2 aromatic carbocycles. The monoisotopic (exact) mass is 515 g/mol. The quantitative estimate of drug-likeness (QED) is 0.522. The first-order chi connectivity index (χ1) is 17.2. The lowest BCUT2D eigenvalue weighted by atomic mass is 10.1. The molecule has 2 aromatic rings. The summed E-state index contributed by atoms with van der Waals surface area (Å²) in [5, 5.41) is 3.06. The molecule has 0 bridgehead atoms. The number of amides is 2. The van der Waals surface area contributed by atoms with Crippen molar-refractivity contribution in [1.29, 1.82) is 0 Å². The summed E-state index contributed by atoms with van der Waals surface area (Å²) in [7, 11) is -3.81. The van der Waals surface area contributed by atoms with Crippen molar-refractivity contribution < 1.29 is 27.5 Å². The zero-order valence-electron chi connectivity index (χ0n) is 20.7. The Hall–Kier alpha value is -3.27. The Labute approximate surface area is 212 Å². The van der Waals surface area contributed by atoms with E-state index in [0.29, 0.717) is 23.6 Å². The normalized spacial score (nSPS) is 15.9. The molecule has 1 atom stereocenters. The topological polar surface area (TPSA) is 105 Å². The van der Waals surface area contributed by atoms with Crippen LogP contribution in [0.1, 0.15) is 38.2 Å². The number of fused-ring (bicyclic) bond motifs is 1. The second kappa shape index (κ2) is 11.2. The first-order valence-corrected chi connectivity index (χ1v) is 14.1. The maximum absolute atomic E-state index is 13.6. The van der Waals surface area contributed by atoms with Gasteiger partial charge in [0.25, 0.3) is 0 Å². The van der Waals surface area contributed by atoms with Gasteiger partial charge in [-0.15, -0.1) is 0 Å². The minimum atomic E-state index is -3.81. The van der Waals surface area contributed by atoms with Crippen LogP contribution < -0.4 is 19.1 Å². The number of carbonyl (C=O) groups excluding carboxylic acids is 2. The second-order valence-corrected chi connectivity index (χ2v) is 11.2. The third kappa shape index (κ3) is 6.29. The Bertz CT molecular complexity index is 1180. The lowest BCUT2D eigenvalue weighted by Gasteiger charge is -2.32.